The molecule has 0 bridgehead atoms. The number of nitrogens with zero attached hydrogens (tertiary/aromatic N) is 1. The number of esters is 1. The normalized spacial score (nSPS) is 20.3. The topological polar surface area (TPSA) is 65.1 Å². The summed E-state index contributed by atoms with van der Waals surface area (Å²) in [6, 6.07) is 0. The van der Waals surface area contributed by atoms with Crippen molar-refractivity contribution in [3.05, 3.63) is 24.3 Å². The van der Waals surface area contributed by atoms with Gasteiger partial charge >= 0.3 is 11.9 Å². The average Bonchev–Trinajstić information content (AvgIpc) is 2.07. The highest BCUT2D eigenvalue weighted by atomic mass is 17.0. The van der Waals surface area contributed by atoms with Crippen LogP contribution in [0.3, 0.4) is 0 Å². The van der Waals surface area contributed by atoms with Crippen molar-refractivity contribution in [2.24, 2.45) is 0 Å². The number of hydroxylamine groups is 2. The number of allylic oxidation sites excluding steroid dienone is 2. The molecule has 0 radical (unpaired) electrons. The van der Waals surface area contributed by atoms with Gasteiger partial charge in [-0.2, -0.15) is 0 Å². The van der Waals surface area contributed by atoms with Gasteiger partial charge < -0.3 is 9.57 Å². The van der Waals surface area contributed by atoms with Gasteiger partial charge in [-0.1, -0.05) is 0 Å². The summed E-state index contributed by atoms with van der Waals surface area (Å²) in [6.07, 6.45) is 4.20. The van der Waals surface area contributed by atoms with E-state index < -0.39 is 11.9 Å². The molecule has 0 aromatic rings. The van der Waals surface area contributed by atoms with E-state index in [2.05, 4.69) is 14.4 Å². The van der Waals surface area contributed by atoms with Crippen molar-refractivity contribution in [3.8, 4) is 0 Å². The molecule has 12 heavy (non-hydrogen) atoms. The van der Waals surface area contributed by atoms with Crippen molar-refractivity contribution in [2.45, 2.75) is 0 Å². The highest BCUT2D eigenvalue weighted by molar-refractivity contribution is 6.30. The molecule has 0 atom stereocenters. The lowest BCUT2D eigenvalue weighted by Gasteiger charge is -2.25. The number of fused-ring (bicyclic) bond motifs is 1. The summed E-state index contributed by atoms with van der Waals surface area (Å²) in [5.74, 6) is -2.14. The number of carbonyl (C=O) groups excluding carboxylic acids is 2. The molecule has 1 saturated heterocycles. The molecule has 0 aromatic carbocycles. The van der Waals surface area contributed by atoms with E-state index in [1.54, 1.807) is 0 Å². The lowest BCUT2D eigenvalue weighted by molar-refractivity contribution is -0.327. The Morgan fingerprint density at radius 2 is 2.08 bits per heavy atom. The smallest absolute Gasteiger partial charge is 0.394 e. The molecule has 6 nitrogen and oxygen atoms in total. The Kier molecular flexibility index (Phi) is 1.26. The van der Waals surface area contributed by atoms with Crippen LogP contribution < -0.4 is 0 Å². The van der Waals surface area contributed by atoms with Crippen LogP contribution in [0.25, 0.3) is 0 Å². The summed E-state index contributed by atoms with van der Waals surface area (Å²) in [5, 5.41) is 0.712. The van der Waals surface area contributed by atoms with Crippen LogP contribution in [0.15, 0.2) is 24.3 Å². The summed E-state index contributed by atoms with van der Waals surface area (Å²) < 4.78 is 4.50. The zero-order valence-electron chi connectivity index (χ0n) is 5.72. The first-order valence-electron chi connectivity index (χ1n) is 3.05. The average molecular weight is 169 g/mol. The van der Waals surface area contributed by atoms with Gasteiger partial charge in [0.05, 0.1) is 0 Å². The minimum Gasteiger partial charge on any atom is -0.394 e. The van der Waals surface area contributed by atoms with E-state index in [1.807, 2.05) is 0 Å². The fourth-order valence-electron chi connectivity index (χ4n) is 0.712. The summed E-state index contributed by atoms with van der Waals surface area (Å²) in [4.78, 5) is 30.2. The van der Waals surface area contributed by atoms with Gasteiger partial charge in [0.2, 0.25) is 0 Å². The number of ether oxygens (including phenoxy) is 1. The van der Waals surface area contributed by atoms with Crippen molar-refractivity contribution < 1.29 is 24.0 Å². The molecule has 0 N–H and O–H groups in total. The molecular weight excluding hydrogens is 166 g/mol. The first kappa shape index (κ1) is 6.71. The van der Waals surface area contributed by atoms with Crippen molar-refractivity contribution in [1.29, 1.82) is 0 Å². The van der Waals surface area contributed by atoms with E-state index in [0.717, 1.165) is 0 Å². The van der Waals surface area contributed by atoms with Gasteiger partial charge in [-0.25, -0.2) is 9.59 Å². The third-order valence-electron chi connectivity index (χ3n) is 1.18. The largest absolute Gasteiger partial charge is 0.444 e. The molecule has 2 rings (SSSR count). The lowest BCUT2D eigenvalue weighted by Crippen LogP contribution is -2.39. The van der Waals surface area contributed by atoms with Gasteiger partial charge in [0.15, 0.2) is 0 Å². The second kappa shape index (κ2) is 2.26. The highest BCUT2D eigenvalue weighted by Crippen LogP contribution is 2.17. The number of carbonyl (C=O) groups is 2. The second-order valence-corrected chi connectivity index (χ2v) is 1.96. The predicted molar refractivity (Wildman–Crippen MR) is 32.3 cm³/mol. The van der Waals surface area contributed by atoms with Crippen LogP contribution >= 0.6 is 0 Å². The first-order valence-corrected chi connectivity index (χ1v) is 3.05. The van der Waals surface area contributed by atoms with Crippen LogP contribution in [-0.4, -0.2) is 17.2 Å². The van der Waals surface area contributed by atoms with Gasteiger partial charge in [0, 0.05) is 11.3 Å². The van der Waals surface area contributed by atoms with Gasteiger partial charge in [-0.15, -0.1) is 0 Å². The van der Waals surface area contributed by atoms with Crippen LogP contribution in [0.4, 0.5) is 0 Å². The van der Waals surface area contributed by atoms with Crippen LogP contribution in [-0.2, 0) is 24.0 Å². The summed E-state index contributed by atoms with van der Waals surface area (Å²) in [5.41, 5.74) is 0. The highest BCUT2D eigenvalue weighted by Gasteiger charge is 2.34. The quantitative estimate of drug-likeness (QED) is 0.363. The minimum atomic E-state index is -1.11. The van der Waals surface area contributed by atoms with E-state index in [-0.39, 0.29) is 5.88 Å². The maximum absolute atomic E-state index is 10.6. The van der Waals surface area contributed by atoms with Crippen molar-refractivity contribution in [3.63, 3.8) is 0 Å². The molecule has 2 aliphatic rings. The molecule has 1 fully saturated rings. The monoisotopic (exact) mass is 169 g/mol. The lowest BCUT2D eigenvalue weighted by atomic mass is 10.5. The van der Waals surface area contributed by atoms with Crippen molar-refractivity contribution in [2.75, 3.05) is 0 Å². The predicted octanol–water partition coefficient (Wildman–Crippen LogP) is -0.396. The Bertz CT molecular complexity index is 305. The molecule has 0 aromatic heterocycles. The number of hydrogen-bond acceptors (Lipinski definition) is 6. The third kappa shape index (κ3) is 0.895. The van der Waals surface area contributed by atoms with E-state index in [9.17, 15) is 9.59 Å². The van der Waals surface area contributed by atoms with Crippen molar-refractivity contribution in [1.82, 2.24) is 5.23 Å². The fourth-order valence-corrected chi connectivity index (χ4v) is 0.712. The maximum Gasteiger partial charge on any atom is 0.444 e. The Morgan fingerprint density at radius 3 is 2.92 bits per heavy atom. The molecule has 0 spiro atoms. The number of hydrogen-bond donors (Lipinski definition) is 0. The van der Waals surface area contributed by atoms with Gasteiger partial charge in [-0.05, 0) is 6.08 Å². The third-order valence-corrected chi connectivity index (χ3v) is 1.18. The van der Waals surface area contributed by atoms with E-state index in [4.69, 9.17) is 0 Å². The van der Waals surface area contributed by atoms with Crippen LogP contribution in [0.1, 0.15) is 0 Å². The van der Waals surface area contributed by atoms with E-state index in [0.29, 0.717) is 5.23 Å². The summed E-state index contributed by atoms with van der Waals surface area (Å²) in [6.45, 7) is 0. The molecule has 2 aliphatic heterocycles. The zero-order chi connectivity index (χ0) is 8.55. The van der Waals surface area contributed by atoms with Gasteiger partial charge in [0.1, 0.15) is 6.26 Å². The molecule has 62 valence electrons. The SMILES string of the molecule is O=C1OC2=CC=CON2OC1=O. The Labute approximate surface area is 66.5 Å². The summed E-state index contributed by atoms with van der Waals surface area (Å²) in [7, 11) is 0. The van der Waals surface area contributed by atoms with Gasteiger partial charge in [0.25, 0.3) is 5.88 Å². The van der Waals surface area contributed by atoms with Crippen LogP contribution in [0.2, 0.25) is 0 Å². The standard InChI is InChI=1S/C6H3NO5/c8-5-6(9)12-7-4(11-5)2-1-3-10-7/h1-3H. The number of rotatable bonds is 0. The second-order valence-electron chi connectivity index (χ2n) is 1.96. The fraction of sp³-hybridized carbons (Fsp3) is 0. The van der Waals surface area contributed by atoms with Crippen LogP contribution in [0.5, 0.6) is 0 Å². The molecular formula is C6H3NO5. The van der Waals surface area contributed by atoms with Gasteiger partial charge in [-0.3, -0.25) is 4.84 Å². The molecule has 0 unspecified atom stereocenters. The Morgan fingerprint density at radius 1 is 1.25 bits per heavy atom. The minimum absolute atomic E-state index is 0.0297. The Balaban J connectivity index is 2.25. The maximum atomic E-state index is 10.6. The Hall–Kier alpha value is -1.98. The summed E-state index contributed by atoms with van der Waals surface area (Å²) >= 11 is 0. The molecule has 6 heteroatoms. The van der Waals surface area contributed by atoms with Crippen LogP contribution in [0, 0.1) is 0 Å². The molecule has 0 saturated carbocycles. The molecule has 0 amide bonds. The van der Waals surface area contributed by atoms with Crippen molar-refractivity contribution >= 4 is 11.9 Å². The van der Waals surface area contributed by atoms with E-state index >= 15 is 0 Å². The molecule has 0 aliphatic carbocycles. The van der Waals surface area contributed by atoms with E-state index in [1.165, 1.54) is 18.4 Å². The zero-order valence-corrected chi connectivity index (χ0v) is 5.72. The molecule has 2 heterocycles. The first-order chi connectivity index (χ1) is 5.77.